The normalized spacial score (nSPS) is 12.6. The minimum Gasteiger partial charge on any atom is -0.391 e. The molecule has 1 N–H and O–H groups in total. The zero-order valence-corrected chi connectivity index (χ0v) is 25.5. The van der Waals surface area contributed by atoms with Gasteiger partial charge in [0.2, 0.25) is 0 Å². The Labute approximate surface area is 229 Å². The van der Waals surface area contributed by atoms with Crippen molar-refractivity contribution < 1.29 is 33.5 Å². The highest BCUT2D eigenvalue weighted by Gasteiger charge is 2.21. The van der Waals surface area contributed by atoms with E-state index in [1.807, 2.05) is 0 Å². The lowest BCUT2D eigenvalue weighted by atomic mass is 10.1. The lowest BCUT2D eigenvalue weighted by Gasteiger charge is -2.27. The Bertz CT molecular complexity index is 391. The second-order valence-electron chi connectivity index (χ2n) is 10.1. The van der Waals surface area contributed by atoms with E-state index in [9.17, 15) is 5.11 Å². The van der Waals surface area contributed by atoms with E-state index in [1.54, 1.807) is 0 Å². The average Bonchev–Trinajstić information content (AvgIpc) is 2.93. The van der Waals surface area contributed by atoms with Crippen LogP contribution in [-0.4, -0.2) is 82.1 Å². The fourth-order valence-corrected chi connectivity index (χ4v) is 4.12. The van der Waals surface area contributed by atoms with Gasteiger partial charge >= 0.3 is 0 Å². The van der Waals surface area contributed by atoms with Crippen LogP contribution in [0.2, 0.25) is 0 Å². The molecule has 37 heavy (non-hydrogen) atoms. The van der Waals surface area contributed by atoms with E-state index in [-0.39, 0.29) is 42.9 Å². The fourth-order valence-electron chi connectivity index (χ4n) is 4.12. The van der Waals surface area contributed by atoms with Gasteiger partial charge in [-0.1, -0.05) is 55.4 Å². The standard InChI is InChI=1S/C30H62O7/c1-9-26(10-2)32-18-24(19-33-27(11-3)12-4)22-36-30(17-31)37-23-25(20-34-28(13-5)14-6)21-35-29(15-7)16-8/h24-31H,9-23H2,1-8H3. The zero-order chi connectivity index (χ0) is 27.9. The van der Waals surface area contributed by atoms with Crippen molar-refractivity contribution in [1.29, 1.82) is 0 Å². The van der Waals surface area contributed by atoms with Crippen molar-refractivity contribution in [3.05, 3.63) is 0 Å². The molecule has 0 amide bonds. The van der Waals surface area contributed by atoms with Crippen molar-refractivity contribution in [2.45, 2.75) is 137 Å². The molecular formula is C30H62O7. The van der Waals surface area contributed by atoms with Crippen LogP contribution in [0.15, 0.2) is 0 Å². The van der Waals surface area contributed by atoms with Crippen LogP contribution in [0, 0.1) is 11.8 Å². The molecule has 0 aliphatic carbocycles. The molecule has 7 nitrogen and oxygen atoms in total. The first-order valence-corrected chi connectivity index (χ1v) is 15.2. The number of aliphatic hydroxyl groups excluding tert-OH is 1. The summed E-state index contributed by atoms with van der Waals surface area (Å²) in [6.45, 7) is 20.0. The van der Waals surface area contributed by atoms with E-state index in [1.165, 1.54) is 0 Å². The van der Waals surface area contributed by atoms with E-state index < -0.39 is 6.29 Å². The van der Waals surface area contributed by atoms with Gasteiger partial charge in [-0.05, 0) is 51.4 Å². The summed E-state index contributed by atoms with van der Waals surface area (Å²) in [6.07, 6.45) is 8.15. The molecule has 0 rings (SSSR count). The van der Waals surface area contributed by atoms with Crippen LogP contribution in [0.3, 0.4) is 0 Å². The molecule has 0 aromatic rings. The van der Waals surface area contributed by atoms with Gasteiger partial charge in [0, 0.05) is 11.8 Å². The van der Waals surface area contributed by atoms with Gasteiger partial charge in [-0.25, -0.2) is 0 Å². The third-order valence-electron chi connectivity index (χ3n) is 7.10. The second kappa shape index (κ2) is 24.7. The van der Waals surface area contributed by atoms with Gasteiger partial charge in [0.1, 0.15) is 0 Å². The van der Waals surface area contributed by atoms with Crippen LogP contribution in [0.5, 0.6) is 0 Å². The van der Waals surface area contributed by atoms with Crippen LogP contribution < -0.4 is 0 Å². The number of aliphatic hydroxyl groups is 1. The van der Waals surface area contributed by atoms with Gasteiger partial charge in [0.25, 0.3) is 0 Å². The molecule has 0 heterocycles. The van der Waals surface area contributed by atoms with Gasteiger partial charge in [-0.2, -0.15) is 0 Å². The molecule has 0 aromatic heterocycles. The van der Waals surface area contributed by atoms with Gasteiger partial charge in [-0.15, -0.1) is 0 Å². The highest BCUT2D eigenvalue weighted by molar-refractivity contribution is 4.65. The smallest absolute Gasteiger partial charge is 0.180 e. The molecule has 0 aliphatic heterocycles. The maximum Gasteiger partial charge on any atom is 0.180 e. The Morgan fingerprint density at radius 2 is 0.595 bits per heavy atom. The van der Waals surface area contributed by atoms with Gasteiger partial charge in [0.05, 0.1) is 70.7 Å². The van der Waals surface area contributed by atoms with E-state index >= 15 is 0 Å². The van der Waals surface area contributed by atoms with Crippen molar-refractivity contribution >= 4 is 0 Å². The average molecular weight is 535 g/mol. The van der Waals surface area contributed by atoms with Crippen molar-refractivity contribution in [1.82, 2.24) is 0 Å². The maximum atomic E-state index is 9.95. The highest BCUT2D eigenvalue weighted by Crippen LogP contribution is 2.14. The molecule has 0 saturated carbocycles. The van der Waals surface area contributed by atoms with E-state index in [0.29, 0.717) is 39.6 Å². The van der Waals surface area contributed by atoms with Crippen LogP contribution in [0.4, 0.5) is 0 Å². The summed E-state index contributed by atoms with van der Waals surface area (Å²) >= 11 is 0. The SMILES string of the molecule is CCC(CC)OCC(COC(CC)CC)COC(CO)OCC(COC(CC)CC)COC(CC)CC. The van der Waals surface area contributed by atoms with Crippen LogP contribution in [0.1, 0.15) is 107 Å². The van der Waals surface area contributed by atoms with Crippen LogP contribution >= 0.6 is 0 Å². The van der Waals surface area contributed by atoms with Crippen molar-refractivity contribution in [2.75, 3.05) is 46.2 Å². The van der Waals surface area contributed by atoms with E-state index in [4.69, 9.17) is 28.4 Å². The molecule has 0 spiro atoms. The highest BCUT2D eigenvalue weighted by atomic mass is 16.7. The molecule has 0 atom stereocenters. The van der Waals surface area contributed by atoms with Gasteiger partial charge < -0.3 is 33.5 Å². The summed E-state index contributed by atoms with van der Waals surface area (Å²) in [5, 5.41) is 9.95. The topological polar surface area (TPSA) is 75.6 Å². The minimum atomic E-state index is -0.701. The first-order valence-electron chi connectivity index (χ1n) is 15.2. The van der Waals surface area contributed by atoms with Crippen LogP contribution in [-0.2, 0) is 28.4 Å². The van der Waals surface area contributed by atoms with Gasteiger partial charge in [0.15, 0.2) is 6.29 Å². The Morgan fingerprint density at radius 3 is 0.784 bits per heavy atom. The minimum absolute atomic E-state index is 0.0750. The van der Waals surface area contributed by atoms with E-state index in [0.717, 1.165) is 51.4 Å². The third-order valence-corrected chi connectivity index (χ3v) is 7.10. The lowest BCUT2D eigenvalue weighted by molar-refractivity contribution is -0.189. The molecule has 0 radical (unpaired) electrons. The summed E-state index contributed by atoms with van der Waals surface area (Å²) < 4.78 is 36.5. The molecule has 0 unspecified atom stereocenters. The zero-order valence-electron chi connectivity index (χ0n) is 25.5. The summed E-state index contributed by atoms with van der Waals surface area (Å²) in [6, 6.07) is 0. The molecule has 224 valence electrons. The number of hydrogen-bond acceptors (Lipinski definition) is 7. The Hall–Kier alpha value is -0.280. The van der Waals surface area contributed by atoms with Crippen molar-refractivity contribution in [3.63, 3.8) is 0 Å². The second-order valence-corrected chi connectivity index (χ2v) is 10.1. The number of ether oxygens (including phenoxy) is 6. The third kappa shape index (κ3) is 17.8. The number of hydrogen-bond donors (Lipinski definition) is 1. The summed E-state index contributed by atoms with van der Waals surface area (Å²) in [5.41, 5.74) is 0. The van der Waals surface area contributed by atoms with Crippen molar-refractivity contribution in [3.8, 4) is 0 Å². The van der Waals surface area contributed by atoms with E-state index in [2.05, 4.69) is 55.4 Å². The summed E-state index contributed by atoms with van der Waals surface area (Å²) in [4.78, 5) is 0. The summed E-state index contributed by atoms with van der Waals surface area (Å²) in [5.74, 6) is 0.150. The first kappa shape index (κ1) is 36.7. The molecule has 0 aromatic carbocycles. The molecule has 0 saturated heterocycles. The van der Waals surface area contributed by atoms with Crippen LogP contribution in [0.25, 0.3) is 0 Å². The Morgan fingerprint density at radius 1 is 0.378 bits per heavy atom. The predicted octanol–water partition coefficient (Wildman–Crippen LogP) is 6.39. The summed E-state index contributed by atoms with van der Waals surface area (Å²) in [7, 11) is 0. The molecule has 0 aliphatic rings. The van der Waals surface area contributed by atoms with Crippen molar-refractivity contribution in [2.24, 2.45) is 11.8 Å². The predicted molar refractivity (Wildman–Crippen MR) is 151 cm³/mol. The molecular weight excluding hydrogens is 472 g/mol. The monoisotopic (exact) mass is 534 g/mol. The Kier molecular flexibility index (Phi) is 24.6. The molecule has 7 heteroatoms. The molecule has 0 fully saturated rings. The maximum absolute atomic E-state index is 9.95. The molecule has 0 bridgehead atoms. The Balaban J connectivity index is 4.98. The lowest BCUT2D eigenvalue weighted by Crippen LogP contribution is -2.33. The van der Waals surface area contributed by atoms with Gasteiger partial charge in [-0.3, -0.25) is 0 Å². The first-order chi connectivity index (χ1) is 17.9. The largest absolute Gasteiger partial charge is 0.391 e. The number of rotatable bonds is 27. The quantitative estimate of drug-likeness (QED) is 0.122. The fraction of sp³-hybridized carbons (Fsp3) is 1.00.